The molecular formula is C26H45F2NO2. The van der Waals surface area contributed by atoms with Gasteiger partial charge in [0.15, 0.2) is 0 Å². The highest BCUT2D eigenvalue weighted by Gasteiger charge is 2.65. The number of aliphatic hydroxyl groups excluding tert-OH is 1. The molecule has 0 radical (unpaired) electrons. The zero-order valence-corrected chi connectivity index (χ0v) is 20.3. The van der Waals surface area contributed by atoms with Gasteiger partial charge >= 0.3 is 0 Å². The van der Waals surface area contributed by atoms with E-state index in [1.54, 1.807) is 0 Å². The number of hydrogen-bond donors (Lipinski definition) is 3. The zero-order valence-electron chi connectivity index (χ0n) is 20.3. The van der Waals surface area contributed by atoms with E-state index in [4.69, 9.17) is 5.73 Å². The molecule has 4 saturated carbocycles. The first kappa shape index (κ1) is 23.9. The molecule has 0 aromatic carbocycles. The summed E-state index contributed by atoms with van der Waals surface area (Å²) in [5.41, 5.74) is 6.27. The van der Waals surface area contributed by atoms with Crippen molar-refractivity contribution < 1.29 is 19.0 Å². The first-order valence-corrected chi connectivity index (χ1v) is 12.7. The minimum atomic E-state index is -3.01. The largest absolute Gasteiger partial charge is 0.390 e. The van der Waals surface area contributed by atoms with Crippen molar-refractivity contribution in [1.29, 1.82) is 0 Å². The highest BCUT2D eigenvalue weighted by molar-refractivity contribution is 5.17. The SMILES string of the molecule is C[C@H](CC(F)(F)[C@H](C)O)[C@H]1CC[C@H]2[C@@H]3CC[C@@]4(N)C[C@@](C)(O)CC[C@]4(C)[C@H]3CCC12C. The Morgan fingerprint density at radius 3 is 2.29 bits per heavy atom. The molecule has 0 heterocycles. The van der Waals surface area contributed by atoms with Crippen molar-refractivity contribution in [2.24, 2.45) is 46.2 Å². The Kier molecular flexibility index (Phi) is 5.68. The standard InChI is InChI=1S/C26H45F2NO2/c1-16(14-26(27,28)17(2)30)19-6-7-20-18-8-11-25(29)15-22(3,31)12-13-24(25,5)21(18)9-10-23(19,20)4/h16-21,30-31H,6-15,29H2,1-5H3/t16-,17+,18+,19-,20+,21+,22+,23?,24-,25-/m1/s1. The summed E-state index contributed by atoms with van der Waals surface area (Å²) in [6.45, 7) is 9.90. The normalized spacial score (nSPS) is 52.1. The summed E-state index contributed by atoms with van der Waals surface area (Å²) < 4.78 is 28.6. The Bertz CT molecular complexity index is 697. The summed E-state index contributed by atoms with van der Waals surface area (Å²) in [6, 6.07) is 0. The lowest BCUT2D eigenvalue weighted by Crippen LogP contribution is -2.68. The molecule has 0 amide bonds. The van der Waals surface area contributed by atoms with E-state index in [1.165, 1.54) is 6.92 Å². The molecule has 4 N–H and O–H groups in total. The molecule has 4 aliphatic rings. The predicted octanol–water partition coefficient (Wildman–Crippen LogP) is 5.52. The van der Waals surface area contributed by atoms with Crippen LogP contribution in [0.2, 0.25) is 0 Å². The molecule has 3 nitrogen and oxygen atoms in total. The summed E-state index contributed by atoms with van der Waals surface area (Å²) in [4.78, 5) is 0. The maximum absolute atomic E-state index is 14.3. The van der Waals surface area contributed by atoms with Crippen molar-refractivity contribution in [2.75, 3.05) is 0 Å². The third kappa shape index (κ3) is 3.60. The molecule has 180 valence electrons. The average molecular weight is 442 g/mol. The molecule has 4 aliphatic carbocycles. The van der Waals surface area contributed by atoms with Crippen LogP contribution in [0.5, 0.6) is 0 Å². The van der Waals surface area contributed by atoms with E-state index in [0.29, 0.717) is 30.1 Å². The number of alkyl halides is 2. The molecule has 0 aliphatic heterocycles. The summed E-state index contributed by atoms with van der Waals surface area (Å²) in [5.74, 6) is -1.02. The second-order valence-electron chi connectivity index (χ2n) is 13.0. The molecule has 4 rings (SSSR count). The molecule has 4 fully saturated rings. The third-order valence-corrected chi connectivity index (χ3v) is 11.2. The van der Waals surface area contributed by atoms with E-state index < -0.39 is 17.6 Å². The smallest absolute Gasteiger partial charge is 0.273 e. The van der Waals surface area contributed by atoms with Gasteiger partial charge in [-0.1, -0.05) is 20.8 Å². The summed E-state index contributed by atoms with van der Waals surface area (Å²) in [7, 11) is 0. The highest BCUT2D eigenvalue weighted by atomic mass is 19.3. The molecular weight excluding hydrogens is 396 g/mol. The molecule has 0 spiro atoms. The monoisotopic (exact) mass is 441 g/mol. The maximum atomic E-state index is 14.3. The molecule has 1 unspecified atom stereocenters. The van der Waals surface area contributed by atoms with Crippen molar-refractivity contribution in [3.8, 4) is 0 Å². The van der Waals surface area contributed by atoms with Crippen LogP contribution in [0.1, 0.15) is 98.8 Å². The maximum Gasteiger partial charge on any atom is 0.273 e. The first-order chi connectivity index (χ1) is 14.2. The van der Waals surface area contributed by atoms with E-state index in [1.807, 2.05) is 13.8 Å². The minimum Gasteiger partial charge on any atom is -0.390 e. The molecule has 5 heteroatoms. The lowest BCUT2D eigenvalue weighted by Gasteiger charge is -2.66. The van der Waals surface area contributed by atoms with Gasteiger partial charge in [0.2, 0.25) is 0 Å². The van der Waals surface area contributed by atoms with Gasteiger partial charge < -0.3 is 15.9 Å². The number of rotatable bonds is 4. The lowest BCUT2D eigenvalue weighted by atomic mass is 9.41. The Morgan fingerprint density at radius 2 is 1.65 bits per heavy atom. The van der Waals surface area contributed by atoms with E-state index >= 15 is 0 Å². The van der Waals surface area contributed by atoms with Gasteiger partial charge in [0, 0.05) is 12.0 Å². The number of aliphatic hydroxyl groups is 2. The van der Waals surface area contributed by atoms with Crippen LogP contribution in [0.4, 0.5) is 8.78 Å². The third-order valence-electron chi connectivity index (χ3n) is 11.2. The average Bonchev–Trinajstić information content (AvgIpc) is 2.99. The molecule has 10 atom stereocenters. The topological polar surface area (TPSA) is 66.5 Å². The second kappa shape index (κ2) is 7.37. The van der Waals surface area contributed by atoms with Crippen LogP contribution in [0.3, 0.4) is 0 Å². The van der Waals surface area contributed by atoms with Gasteiger partial charge in [-0.05, 0) is 112 Å². The van der Waals surface area contributed by atoms with E-state index in [9.17, 15) is 19.0 Å². The van der Waals surface area contributed by atoms with Crippen LogP contribution in [0.15, 0.2) is 0 Å². The van der Waals surface area contributed by atoms with Crippen LogP contribution >= 0.6 is 0 Å². The van der Waals surface area contributed by atoms with Gasteiger partial charge in [-0.25, -0.2) is 8.78 Å². The van der Waals surface area contributed by atoms with Crippen LogP contribution in [-0.4, -0.2) is 33.4 Å². The molecule has 0 saturated heterocycles. The molecule has 0 aromatic heterocycles. The van der Waals surface area contributed by atoms with Crippen molar-refractivity contribution in [2.45, 2.75) is 122 Å². The quantitative estimate of drug-likeness (QED) is 0.538. The predicted molar refractivity (Wildman–Crippen MR) is 120 cm³/mol. The highest BCUT2D eigenvalue weighted by Crippen LogP contribution is 2.69. The fraction of sp³-hybridized carbons (Fsp3) is 1.00. The van der Waals surface area contributed by atoms with Crippen LogP contribution in [0, 0.1) is 40.4 Å². The summed E-state index contributed by atoms with van der Waals surface area (Å²) >= 11 is 0. The molecule has 31 heavy (non-hydrogen) atoms. The zero-order chi connectivity index (χ0) is 23.0. The van der Waals surface area contributed by atoms with Crippen molar-refractivity contribution in [3.63, 3.8) is 0 Å². The number of hydrogen-bond acceptors (Lipinski definition) is 3. The van der Waals surface area contributed by atoms with Gasteiger partial charge in [0.05, 0.1) is 5.60 Å². The van der Waals surface area contributed by atoms with Gasteiger partial charge in [-0.3, -0.25) is 0 Å². The fourth-order valence-corrected chi connectivity index (χ4v) is 9.30. The van der Waals surface area contributed by atoms with Crippen LogP contribution in [-0.2, 0) is 0 Å². The van der Waals surface area contributed by atoms with Crippen molar-refractivity contribution in [1.82, 2.24) is 0 Å². The van der Waals surface area contributed by atoms with Gasteiger partial charge in [-0.15, -0.1) is 0 Å². The first-order valence-electron chi connectivity index (χ1n) is 12.7. The Balaban J connectivity index is 1.55. The summed E-state index contributed by atoms with van der Waals surface area (Å²) in [5, 5.41) is 20.3. The van der Waals surface area contributed by atoms with Crippen LogP contribution < -0.4 is 5.73 Å². The minimum absolute atomic E-state index is 0.0581. The number of halogens is 2. The van der Waals surface area contributed by atoms with E-state index in [-0.39, 0.29) is 28.7 Å². The van der Waals surface area contributed by atoms with Gasteiger partial charge in [-0.2, -0.15) is 0 Å². The number of fused-ring (bicyclic) bond motifs is 5. The second-order valence-corrected chi connectivity index (χ2v) is 13.0. The summed E-state index contributed by atoms with van der Waals surface area (Å²) in [6.07, 6.45) is 7.16. The van der Waals surface area contributed by atoms with Crippen molar-refractivity contribution in [3.05, 3.63) is 0 Å². The Morgan fingerprint density at radius 1 is 0.968 bits per heavy atom. The molecule has 0 bridgehead atoms. The lowest BCUT2D eigenvalue weighted by molar-refractivity contribution is -0.162. The molecule has 0 aromatic rings. The van der Waals surface area contributed by atoms with E-state index in [0.717, 1.165) is 51.4 Å². The number of nitrogens with two attached hydrogens (primary N) is 1. The Hall–Kier alpha value is -0.260. The fourth-order valence-electron chi connectivity index (χ4n) is 9.30. The van der Waals surface area contributed by atoms with Crippen molar-refractivity contribution >= 4 is 0 Å². The van der Waals surface area contributed by atoms with E-state index in [2.05, 4.69) is 13.8 Å². The van der Waals surface area contributed by atoms with Gasteiger partial charge in [0.25, 0.3) is 5.92 Å². The Labute approximate surface area is 187 Å². The van der Waals surface area contributed by atoms with Crippen LogP contribution in [0.25, 0.3) is 0 Å². The van der Waals surface area contributed by atoms with Gasteiger partial charge in [0.1, 0.15) is 6.10 Å².